The highest BCUT2D eigenvalue weighted by molar-refractivity contribution is 7.99. The number of hydrogen-bond donors (Lipinski definition) is 1. The van der Waals surface area contributed by atoms with Crippen LogP contribution in [0, 0.1) is 0 Å². The maximum absolute atomic E-state index is 12.5. The first kappa shape index (κ1) is 18.0. The number of aromatic hydroxyl groups is 1. The van der Waals surface area contributed by atoms with Gasteiger partial charge in [0, 0.05) is 17.1 Å². The quantitative estimate of drug-likeness (QED) is 0.871. The molecule has 1 amide bonds. The van der Waals surface area contributed by atoms with E-state index in [1.807, 2.05) is 43.5 Å². The highest BCUT2D eigenvalue weighted by atomic mass is 35.5. The van der Waals surface area contributed by atoms with Crippen LogP contribution in [0.25, 0.3) is 11.1 Å². The van der Waals surface area contributed by atoms with Crippen molar-refractivity contribution in [2.24, 2.45) is 0 Å². The Bertz CT molecular complexity index is 796. The van der Waals surface area contributed by atoms with E-state index in [4.69, 9.17) is 16.3 Å². The van der Waals surface area contributed by atoms with Crippen LogP contribution in [0.1, 0.15) is 12.5 Å². The molecule has 0 radical (unpaired) electrons. The van der Waals surface area contributed by atoms with Crippen molar-refractivity contribution in [1.29, 1.82) is 0 Å². The molecule has 0 fully saturated rings. The first-order chi connectivity index (χ1) is 12.0. The molecule has 1 aliphatic heterocycles. The number of phenols is 1. The first-order valence-corrected chi connectivity index (χ1v) is 9.72. The molecule has 6 heteroatoms. The molecule has 0 aliphatic carbocycles. The van der Waals surface area contributed by atoms with E-state index in [0.29, 0.717) is 30.5 Å². The Hall–Kier alpha value is -1.85. The van der Waals surface area contributed by atoms with Crippen molar-refractivity contribution in [3.63, 3.8) is 0 Å². The van der Waals surface area contributed by atoms with Crippen LogP contribution in [0.2, 0.25) is 5.02 Å². The Balaban J connectivity index is 1.98. The lowest BCUT2D eigenvalue weighted by Gasteiger charge is -2.23. The summed E-state index contributed by atoms with van der Waals surface area (Å²) in [4.78, 5) is 14.3. The first-order valence-electron chi connectivity index (χ1n) is 8.06. The van der Waals surface area contributed by atoms with Crippen LogP contribution in [-0.2, 0) is 11.3 Å². The number of carbonyl (C=O) groups is 1. The average Bonchev–Trinajstić information content (AvgIpc) is 2.83. The van der Waals surface area contributed by atoms with E-state index in [2.05, 4.69) is 0 Å². The SMILES string of the molecule is CSC(C)C(=O)N1CCOc2c(O)cc(-c3cccc(Cl)c3)cc2C1. The summed E-state index contributed by atoms with van der Waals surface area (Å²) in [7, 11) is 0. The molecule has 4 nitrogen and oxygen atoms in total. The lowest BCUT2D eigenvalue weighted by Crippen LogP contribution is -2.37. The van der Waals surface area contributed by atoms with Gasteiger partial charge in [0.05, 0.1) is 11.8 Å². The van der Waals surface area contributed by atoms with E-state index >= 15 is 0 Å². The number of nitrogens with zero attached hydrogens (tertiary/aromatic N) is 1. The Kier molecular flexibility index (Phi) is 5.45. The molecule has 1 atom stereocenters. The van der Waals surface area contributed by atoms with Gasteiger partial charge in [0.1, 0.15) is 6.61 Å². The molecule has 2 aromatic carbocycles. The average molecular weight is 378 g/mol. The van der Waals surface area contributed by atoms with Crippen molar-refractivity contribution in [3.8, 4) is 22.6 Å². The lowest BCUT2D eigenvalue weighted by molar-refractivity contribution is -0.131. The maximum atomic E-state index is 12.5. The number of ether oxygens (including phenoxy) is 1. The second kappa shape index (κ2) is 7.58. The van der Waals surface area contributed by atoms with Gasteiger partial charge in [-0.3, -0.25) is 4.79 Å². The molecule has 1 aliphatic rings. The summed E-state index contributed by atoms with van der Waals surface area (Å²) in [5.41, 5.74) is 2.55. The molecule has 2 aromatic rings. The third kappa shape index (κ3) is 3.88. The molecule has 132 valence electrons. The highest BCUT2D eigenvalue weighted by Crippen LogP contribution is 2.38. The molecule has 1 heterocycles. The third-order valence-corrected chi connectivity index (χ3v) is 5.43. The Labute approximate surface area is 156 Å². The van der Waals surface area contributed by atoms with Crippen LogP contribution >= 0.6 is 23.4 Å². The second-order valence-corrected chi connectivity index (χ2v) is 7.60. The molecule has 1 N–H and O–H groups in total. The standard InChI is InChI=1S/C19H20ClNO3S/c1-12(25-2)19(23)21-6-7-24-18-15(11-21)8-14(10-17(18)22)13-4-3-5-16(20)9-13/h3-5,8-10,12,22H,6-7,11H2,1-2H3. The summed E-state index contributed by atoms with van der Waals surface area (Å²) in [5.74, 6) is 0.620. The molecule has 0 saturated carbocycles. The van der Waals surface area contributed by atoms with E-state index in [-0.39, 0.29) is 16.9 Å². The Morgan fingerprint density at radius 2 is 2.12 bits per heavy atom. The number of halogens is 1. The van der Waals surface area contributed by atoms with E-state index in [0.717, 1.165) is 16.7 Å². The second-order valence-electron chi connectivity index (χ2n) is 5.98. The molecule has 0 bridgehead atoms. The molecular weight excluding hydrogens is 358 g/mol. The van der Waals surface area contributed by atoms with Gasteiger partial charge in [-0.1, -0.05) is 23.7 Å². The normalized spacial score (nSPS) is 15.1. The van der Waals surface area contributed by atoms with Gasteiger partial charge >= 0.3 is 0 Å². The molecule has 3 rings (SSSR count). The minimum Gasteiger partial charge on any atom is -0.504 e. The largest absolute Gasteiger partial charge is 0.504 e. The number of amides is 1. The van der Waals surface area contributed by atoms with Gasteiger partial charge in [0.2, 0.25) is 5.91 Å². The number of thioether (sulfide) groups is 1. The Morgan fingerprint density at radius 3 is 2.84 bits per heavy atom. The van der Waals surface area contributed by atoms with E-state index in [1.54, 1.807) is 11.0 Å². The van der Waals surface area contributed by atoms with Crippen LogP contribution in [-0.4, -0.2) is 40.6 Å². The zero-order valence-corrected chi connectivity index (χ0v) is 15.7. The van der Waals surface area contributed by atoms with Gasteiger partial charge in [0.15, 0.2) is 11.5 Å². The van der Waals surface area contributed by atoms with Crippen molar-refractivity contribution in [2.75, 3.05) is 19.4 Å². The fraction of sp³-hybridized carbons (Fsp3) is 0.316. The summed E-state index contributed by atoms with van der Waals surface area (Å²) in [6.07, 6.45) is 1.92. The van der Waals surface area contributed by atoms with Gasteiger partial charge in [-0.15, -0.1) is 0 Å². The van der Waals surface area contributed by atoms with Gasteiger partial charge in [0.25, 0.3) is 0 Å². The number of hydrogen-bond acceptors (Lipinski definition) is 4. The topological polar surface area (TPSA) is 49.8 Å². The zero-order chi connectivity index (χ0) is 18.0. The molecular formula is C19H20ClNO3S. The predicted molar refractivity (Wildman–Crippen MR) is 102 cm³/mol. The van der Waals surface area contributed by atoms with Crippen molar-refractivity contribution in [2.45, 2.75) is 18.7 Å². The van der Waals surface area contributed by atoms with Crippen LogP contribution in [0.3, 0.4) is 0 Å². The fourth-order valence-corrected chi connectivity index (χ4v) is 3.42. The number of rotatable bonds is 3. The Morgan fingerprint density at radius 1 is 1.32 bits per heavy atom. The van der Waals surface area contributed by atoms with E-state index in [9.17, 15) is 9.90 Å². The van der Waals surface area contributed by atoms with Gasteiger partial charge < -0.3 is 14.7 Å². The van der Waals surface area contributed by atoms with Gasteiger partial charge in [-0.25, -0.2) is 0 Å². The van der Waals surface area contributed by atoms with Crippen LogP contribution in [0.5, 0.6) is 11.5 Å². The summed E-state index contributed by atoms with van der Waals surface area (Å²) < 4.78 is 5.71. The minimum absolute atomic E-state index is 0.0802. The summed E-state index contributed by atoms with van der Waals surface area (Å²) in [5, 5.41) is 10.9. The van der Waals surface area contributed by atoms with E-state index < -0.39 is 0 Å². The third-order valence-electron chi connectivity index (χ3n) is 4.29. The molecule has 0 saturated heterocycles. The van der Waals surface area contributed by atoms with Crippen LogP contribution < -0.4 is 4.74 Å². The highest BCUT2D eigenvalue weighted by Gasteiger charge is 2.25. The van der Waals surface area contributed by atoms with Crippen molar-refractivity contribution < 1.29 is 14.6 Å². The lowest BCUT2D eigenvalue weighted by atomic mass is 10.0. The van der Waals surface area contributed by atoms with Crippen molar-refractivity contribution in [1.82, 2.24) is 4.90 Å². The number of benzene rings is 2. The fourth-order valence-electron chi connectivity index (χ4n) is 2.88. The molecule has 25 heavy (non-hydrogen) atoms. The molecule has 0 aromatic heterocycles. The van der Waals surface area contributed by atoms with Crippen molar-refractivity contribution in [3.05, 3.63) is 47.0 Å². The zero-order valence-electron chi connectivity index (χ0n) is 14.2. The predicted octanol–water partition coefficient (Wildman–Crippen LogP) is 4.19. The minimum atomic E-state index is -0.105. The van der Waals surface area contributed by atoms with Gasteiger partial charge in [-0.2, -0.15) is 11.8 Å². The maximum Gasteiger partial charge on any atom is 0.235 e. The van der Waals surface area contributed by atoms with Crippen LogP contribution in [0.15, 0.2) is 36.4 Å². The molecule has 1 unspecified atom stereocenters. The summed E-state index contributed by atoms with van der Waals surface area (Å²) in [6.45, 7) is 3.19. The van der Waals surface area contributed by atoms with Gasteiger partial charge in [-0.05, 0) is 48.6 Å². The summed E-state index contributed by atoms with van der Waals surface area (Å²) >= 11 is 7.60. The monoisotopic (exact) mass is 377 g/mol. The smallest absolute Gasteiger partial charge is 0.235 e. The number of phenolic OH excluding ortho intramolecular Hbond substituents is 1. The number of fused-ring (bicyclic) bond motifs is 1. The number of carbonyl (C=O) groups excluding carboxylic acids is 1. The van der Waals surface area contributed by atoms with Crippen LogP contribution in [0.4, 0.5) is 0 Å². The van der Waals surface area contributed by atoms with E-state index in [1.165, 1.54) is 11.8 Å². The molecule has 0 spiro atoms. The summed E-state index contributed by atoms with van der Waals surface area (Å²) in [6, 6.07) is 11.1. The van der Waals surface area contributed by atoms with Crippen molar-refractivity contribution >= 4 is 29.3 Å².